The van der Waals surface area contributed by atoms with Crippen LogP contribution in [0.15, 0.2) is 54.6 Å². The first-order valence-electron chi connectivity index (χ1n) is 6.53. The second-order valence-electron chi connectivity index (χ2n) is 4.52. The lowest BCUT2D eigenvalue weighted by atomic mass is 10.0. The molecule has 22 heavy (non-hydrogen) atoms. The second-order valence-corrected chi connectivity index (χ2v) is 4.52. The van der Waals surface area contributed by atoms with Gasteiger partial charge < -0.3 is 5.11 Å². The average Bonchev–Trinajstić information content (AvgIpc) is 2.51. The number of hydrogen-bond acceptors (Lipinski definition) is 3. The average molecular weight is 298 g/mol. The smallest absolute Gasteiger partial charge is 0.328 e. The highest BCUT2D eigenvalue weighted by atomic mass is 16.4. The van der Waals surface area contributed by atoms with Crippen LogP contribution >= 0.6 is 0 Å². The lowest BCUT2D eigenvalue weighted by molar-refractivity contribution is -0.131. The van der Waals surface area contributed by atoms with Gasteiger partial charge in [-0.2, -0.15) is 0 Å². The minimum atomic E-state index is -1.24. The number of carboxylic acids is 1. The summed E-state index contributed by atoms with van der Waals surface area (Å²) in [6, 6.07) is 13.3. The molecular formula is C16H14N2O4. The number of carboxylic acid groups (broad SMARTS) is 1. The zero-order chi connectivity index (χ0) is 15.9. The number of nitrogens with one attached hydrogen (secondary N) is 2. The molecule has 0 aliphatic carbocycles. The van der Waals surface area contributed by atoms with Gasteiger partial charge in [-0.1, -0.05) is 42.5 Å². The molecule has 6 nitrogen and oxygen atoms in total. The normalized spacial score (nSPS) is 10.5. The molecule has 0 aliphatic rings. The van der Waals surface area contributed by atoms with Crippen LogP contribution in [0.5, 0.6) is 0 Å². The molecule has 0 saturated carbocycles. The van der Waals surface area contributed by atoms with Crippen molar-refractivity contribution in [2.24, 2.45) is 0 Å². The molecule has 6 heteroatoms. The molecule has 0 unspecified atom stereocenters. The monoisotopic (exact) mass is 298 g/mol. The van der Waals surface area contributed by atoms with Gasteiger partial charge in [0.25, 0.3) is 5.91 Å². The predicted molar refractivity (Wildman–Crippen MR) is 80.7 cm³/mol. The number of carbonyl (C=O) groups excluding carboxylic acids is 2. The highest BCUT2D eigenvalue weighted by Gasteiger charge is 2.07. The van der Waals surface area contributed by atoms with Crippen molar-refractivity contribution in [3.05, 3.63) is 60.2 Å². The first-order chi connectivity index (χ1) is 10.6. The Kier molecular flexibility index (Phi) is 4.87. The number of aliphatic carboxylic acids is 1. The van der Waals surface area contributed by atoms with E-state index in [4.69, 9.17) is 5.11 Å². The molecule has 2 rings (SSSR count). The predicted octanol–water partition coefficient (Wildman–Crippen LogP) is 1.17. The first-order valence-corrected chi connectivity index (χ1v) is 6.53. The fourth-order valence-corrected chi connectivity index (χ4v) is 1.98. The van der Waals surface area contributed by atoms with Gasteiger partial charge in [-0.25, -0.2) is 4.79 Å². The maximum absolute atomic E-state index is 11.8. The number of hydrogen-bond donors (Lipinski definition) is 3. The summed E-state index contributed by atoms with van der Waals surface area (Å²) in [6.07, 6.45) is 1.61. The third-order valence-electron chi connectivity index (χ3n) is 2.93. The molecule has 0 radical (unpaired) electrons. The topological polar surface area (TPSA) is 95.5 Å². The van der Waals surface area contributed by atoms with E-state index in [1.165, 1.54) is 0 Å². The van der Waals surface area contributed by atoms with E-state index < -0.39 is 17.8 Å². The quantitative estimate of drug-likeness (QED) is 0.583. The lowest BCUT2D eigenvalue weighted by Crippen LogP contribution is -2.41. The highest BCUT2D eigenvalue weighted by Crippen LogP contribution is 2.18. The van der Waals surface area contributed by atoms with E-state index >= 15 is 0 Å². The van der Waals surface area contributed by atoms with Gasteiger partial charge >= 0.3 is 5.97 Å². The molecule has 0 aliphatic heterocycles. The molecule has 0 aromatic heterocycles. The number of amides is 2. The lowest BCUT2D eigenvalue weighted by Gasteiger charge is -2.08. The summed E-state index contributed by atoms with van der Waals surface area (Å²) in [5, 5.41) is 10.4. The molecule has 0 fully saturated rings. The Balaban J connectivity index is 1.97. The van der Waals surface area contributed by atoms with E-state index in [2.05, 4.69) is 10.9 Å². The van der Waals surface area contributed by atoms with E-state index in [1.807, 2.05) is 42.5 Å². The number of hydrazine groups is 1. The summed E-state index contributed by atoms with van der Waals surface area (Å²) in [7, 11) is 0. The fourth-order valence-electron chi connectivity index (χ4n) is 1.98. The number of benzene rings is 2. The largest absolute Gasteiger partial charge is 0.478 e. The van der Waals surface area contributed by atoms with E-state index in [9.17, 15) is 14.4 Å². The summed E-state index contributed by atoms with van der Waals surface area (Å²) in [5.74, 6) is -2.35. The SMILES string of the molecule is O=C(O)C=CC(=O)NNC(=O)Cc1cccc2ccccc12. The summed E-state index contributed by atoms with van der Waals surface area (Å²) < 4.78 is 0. The van der Waals surface area contributed by atoms with Crippen LogP contribution in [-0.4, -0.2) is 22.9 Å². The third-order valence-corrected chi connectivity index (χ3v) is 2.93. The fraction of sp³-hybridized carbons (Fsp3) is 0.0625. The zero-order valence-corrected chi connectivity index (χ0v) is 11.6. The Bertz CT molecular complexity index is 747. The second kappa shape index (κ2) is 7.03. The van der Waals surface area contributed by atoms with Gasteiger partial charge in [-0.15, -0.1) is 0 Å². The number of fused-ring (bicyclic) bond motifs is 1. The minimum absolute atomic E-state index is 0.101. The van der Waals surface area contributed by atoms with Crippen LogP contribution in [-0.2, 0) is 20.8 Å². The van der Waals surface area contributed by atoms with Gasteiger partial charge in [0.1, 0.15) is 0 Å². The molecule has 2 aromatic rings. The van der Waals surface area contributed by atoms with Crippen molar-refractivity contribution in [2.75, 3.05) is 0 Å². The maximum atomic E-state index is 11.8. The van der Waals surface area contributed by atoms with Crippen molar-refractivity contribution in [1.29, 1.82) is 0 Å². The Labute approximate surface area is 126 Å². The van der Waals surface area contributed by atoms with Crippen molar-refractivity contribution < 1.29 is 19.5 Å². The molecule has 0 saturated heterocycles. The molecule has 2 aromatic carbocycles. The van der Waals surface area contributed by atoms with Crippen LogP contribution in [0.4, 0.5) is 0 Å². The number of rotatable bonds is 4. The van der Waals surface area contributed by atoms with Crippen LogP contribution in [0, 0.1) is 0 Å². The molecule has 0 atom stereocenters. The van der Waals surface area contributed by atoms with Crippen molar-refractivity contribution >= 4 is 28.6 Å². The van der Waals surface area contributed by atoms with Crippen molar-refractivity contribution in [2.45, 2.75) is 6.42 Å². The van der Waals surface area contributed by atoms with E-state index in [0.717, 1.165) is 22.4 Å². The van der Waals surface area contributed by atoms with Crippen LogP contribution in [0.25, 0.3) is 10.8 Å². The third kappa shape index (κ3) is 4.17. The Morgan fingerprint density at radius 1 is 0.955 bits per heavy atom. The summed E-state index contributed by atoms with van der Waals surface area (Å²) >= 11 is 0. The van der Waals surface area contributed by atoms with Crippen LogP contribution in [0.1, 0.15) is 5.56 Å². The molecule has 0 spiro atoms. The molecule has 2 amide bonds. The van der Waals surface area contributed by atoms with E-state index in [0.29, 0.717) is 6.08 Å². The summed E-state index contributed by atoms with van der Waals surface area (Å²) in [6.45, 7) is 0. The van der Waals surface area contributed by atoms with Crippen LogP contribution in [0.2, 0.25) is 0 Å². The Morgan fingerprint density at radius 3 is 2.45 bits per heavy atom. The van der Waals surface area contributed by atoms with Crippen molar-refractivity contribution in [1.82, 2.24) is 10.9 Å². The molecule has 0 heterocycles. The Morgan fingerprint density at radius 2 is 1.68 bits per heavy atom. The molecule has 0 bridgehead atoms. The van der Waals surface area contributed by atoms with Gasteiger partial charge in [0.05, 0.1) is 6.42 Å². The van der Waals surface area contributed by atoms with Crippen molar-refractivity contribution in [3.63, 3.8) is 0 Å². The van der Waals surface area contributed by atoms with Crippen LogP contribution < -0.4 is 10.9 Å². The van der Waals surface area contributed by atoms with Gasteiger partial charge in [-0.05, 0) is 16.3 Å². The number of carbonyl (C=O) groups is 3. The highest BCUT2D eigenvalue weighted by molar-refractivity contribution is 5.95. The standard InChI is InChI=1S/C16H14N2O4/c19-14(8-9-16(21)22)17-18-15(20)10-12-6-3-5-11-4-1-2-7-13(11)12/h1-9H,10H2,(H,17,19)(H,18,20)(H,21,22). The molecular weight excluding hydrogens is 284 g/mol. The first kappa shape index (κ1) is 15.2. The van der Waals surface area contributed by atoms with Gasteiger partial charge in [-0.3, -0.25) is 20.4 Å². The van der Waals surface area contributed by atoms with Gasteiger partial charge in [0.2, 0.25) is 5.91 Å². The van der Waals surface area contributed by atoms with E-state index in [1.54, 1.807) is 0 Å². The van der Waals surface area contributed by atoms with E-state index in [-0.39, 0.29) is 6.42 Å². The summed E-state index contributed by atoms with van der Waals surface area (Å²) in [4.78, 5) is 33.3. The zero-order valence-electron chi connectivity index (χ0n) is 11.6. The Hall–Kier alpha value is -3.15. The molecule has 112 valence electrons. The minimum Gasteiger partial charge on any atom is -0.478 e. The van der Waals surface area contributed by atoms with Gasteiger partial charge in [0.15, 0.2) is 0 Å². The maximum Gasteiger partial charge on any atom is 0.328 e. The summed E-state index contributed by atoms with van der Waals surface area (Å²) in [5.41, 5.74) is 5.19. The van der Waals surface area contributed by atoms with Crippen LogP contribution in [0.3, 0.4) is 0 Å². The molecule has 3 N–H and O–H groups in total. The van der Waals surface area contributed by atoms with Crippen molar-refractivity contribution in [3.8, 4) is 0 Å². The van der Waals surface area contributed by atoms with Gasteiger partial charge in [0, 0.05) is 12.2 Å².